The molecule has 1 heteroatoms. The van der Waals surface area contributed by atoms with E-state index in [1.807, 2.05) is 0 Å². The lowest BCUT2D eigenvalue weighted by Gasteiger charge is -2.29. The van der Waals surface area contributed by atoms with Crippen LogP contribution in [0.15, 0.2) is 60.2 Å². The van der Waals surface area contributed by atoms with E-state index in [2.05, 4.69) is 92.4 Å². The number of allylic oxidation sites excluding steroid dienone is 7. The first kappa shape index (κ1) is 16.8. The highest BCUT2D eigenvalue weighted by molar-refractivity contribution is 14.1. The van der Waals surface area contributed by atoms with Crippen molar-refractivity contribution in [2.75, 3.05) is 0 Å². The van der Waals surface area contributed by atoms with Gasteiger partial charge in [0.2, 0.25) is 0 Å². The lowest BCUT2D eigenvalue weighted by molar-refractivity contribution is 0.568. The number of rotatable bonds is 4. The normalized spacial score (nSPS) is 21.7. The standard InChI is InChI=1S/C22H25I/c1-5-6-7-8-15(2)16-9-11-18-19-12-10-17(23)14-21(19)22(3,4)20(18)13-16/h5-6,9-12,14,16H,2,7-8,13H2,1,3-4H3/b6-5-. The lowest BCUT2D eigenvalue weighted by atomic mass is 9.74. The second-order valence-electron chi connectivity index (χ2n) is 7.14. The second kappa shape index (κ2) is 6.43. The molecule has 1 atom stereocenters. The summed E-state index contributed by atoms with van der Waals surface area (Å²) in [7, 11) is 0. The summed E-state index contributed by atoms with van der Waals surface area (Å²) in [5.41, 5.74) is 7.47. The fourth-order valence-corrected chi connectivity index (χ4v) is 4.38. The van der Waals surface area contributed by atoms with Gasteiger partial charge in [-0.05, 0) is 77.6 Å². The van der Waals surface area contributed by atoms with Gasteiger partial charge in [0.25, 0.3) is 0 Å². The molecule has 120 valence electrons. The first-order valence-corrected chi connectivity index (χ1v) is 9.54. The quantitative estimate of drug-likeness (QED) is 0.373. The summed E-state index contributed by atoms with van der Waals surface area (Å²) >= 11 is 2.42. The van der Waals surface area contributed by atoms with Crippen LogP contribution in [-0.4, -0.2) is 0 Å². The molecule has 3 rings (SSSR count). The summed E-state index contributed by atoms with van der Waals surface area (Å²) in [5.74, 6) is 0.492. The number of halogens is 1. The molecule has 0 spiro atoms. The summed E-state index contributed by atoms with van der Waals surface area (Å²) in [5, 5.41) is 0. The average molecular weight is 416 g/mol. The van der Waals surface area contributed by atoms with Crippen molar-refractivity contribution < 1.29 is 0 Å². The van der Waals surface area contributed by atoms with E-state index in [0.717, 1.165) is 19.3 Å². The highest BCUT2D eigenvalue weighted by Crippen LogP contribution is 2.51. The van der Waals surface area contributed by atoms with Crippen LogP contribution < -0.4 is 0 Å². The zero-order chi connectivity index (χ0) is 16.6. The smallest absolute Gasteiger partial charge is 0.0133 e. The summed E-state index contributed by atoms with van der Waals surface area (Å²) in [6.45, 7) is 11.2. The van der Waals surface area contributed by atoms with E-state index in [-0.39, 0.29) is 5.41 Å². The maximum atomic E-state index is 4.37. The van der Waals surface area contributed by atoms with E-state index in [0.29, 0.717) is 5.92 Å². The van der Waals surface area contributed by atoms with Gasteiger partial charge >= 0.3 is 0 Å². The molecular weight excluding hydrogens is 391 g/mol. The number of fused-ring (bicyclic) bond motifs is 2. The van der Waals surface area contributed by atoms with Crippen LogP contribution in [0.1, 0.15) is 51.2 Å². The van der Waals surface area contributed by atoms with E-state index in [1.165, 1.54) is 25.8 Å². The molecule has 0 N–H and O–H groups in total. The molecule has 0 bridgehead atoms. The van der Waals surface area contributed by atoms with Gasteiger partial charge < -0.3 is 0 Å². The Morgan fingerprint density at radius 2 is 2.17 bits per heavy atom. The van der Waals surface area contributed by atoms with E-state index in [4.69, 9.17) is 0 Å². The van der Waals surface area contributed by atoms with Gasteiger partial charge in [0, 0.05) is 14.9 Å². The largest absolute Gasteiger partial charge is 0.0992 e. The summed E-state index contributed by atoms with van der Waals surface area (Å²) in [4.78, 5) is 0. The Labute approximate surface area is 154 Å². The molecule has 2 aliphatic rings. The zero-order valence-electron chi connectivity index (χ0n) is 14.3. The van der Waals surface area contributed by atoms with Crippen molar-refractivity contribution in [3.63, 3.8) is 0 Å². The van der Waals surface area contributed by atoms with E-state index in [1.54, 1.807) is 5.57 Å². The molecule has 0 nitrogen and oxygen atoms in total. The third-order valence-electron chi connectivity index (χ3n) is 5.34. The summed E-state index contributed by atoms with van der Waals surface area (Å²) in [6.07, 6.45) is 12.4. The molecule has 0 amide bonds. The summed E-state index contributed by atoms with van der Waals surface area (Å²) in [6, 6.07) is 6.88. The molecule has 0 aliphatic heterocycles. The van der Waals surface area contributed by atoms with Gasteiger partial charge in [0.15, 0.2) is 0 Å². The van der Waals surface area contributed by atoms with Gasteiger partial charge in [-0.15, -0.1) is 0 Å². The van der Waals surface area contributed by atoms with E-state index in [9.17, 15) is 0 Å². The Balaban J connectivity index is 1.86. The molecule has 2 aliphatic carbocycles. The van der Waals surface area contributed by atoms with E-state index < -0.39 is 0 Å². The zero-order valence-corrected chi connectivity index (χ0v) is 16.5. The van der Waals surface area contributed by atoms with Crippen LogP contribution in [0.2, 0.25) is 0 Å². The molecule has 0 saturated heterocycles. The Hall–Kier alpha value is -1.09. The average Bonchev–Trinajstić information content (AvgIpc) is 2.75. The lowest BCUT2D eigenvalue weighted by Crippen LogP contribution is -2.20. The fourth-order valence-electron chi connectivity index (χ4n) is 3.89. The molecule has 1 aromatic carbocycles. The monoisotopic (exact) mass is 416 g/mol. The van der Waals surface area contributed by atoms with Crippen LogP contribution in [-0.2, 0) is 5.41 Å². The van der Waals surface area contributed by atoms with Crippen LogP contribution in [0.5, 0.6) is 0 Å². The molecule has 0 aromatic heterocycles. The van der Waals surface area contributed by atoms with Crippen molar-refractivity contribution in [3.05, 3.63) is 74.9 Å². The first-order chi connectivity index (χ1) is 10.9. The van der Waals surface area contributed by atoms with Gasteiger partial charge in [-0.1, -0.05) is 61.9 Å². The van der Waals surface area contributed by atoms with Crippen molar-refractivity contribution in [2.24, 2.45) is 5.92 Å². The minimum absolute atomic E-state index is 0.137. The Morgan fingerprint density at radius 3 is 2.91 bits per heavy atom. The number of benzene rings is 1. The third-order valence-corrected chi connectivity index (χ3v) is 6.01. The van der Waals surface area contributed by atoms with Gasteiger partial charge in [0.1, 0.15) is 0 Å². The Kier molecular flexibility index (Phi) is 4.68. The van der Waals surface area contributed by atoms with Crippen molar-refractivity contribution in [3.8, 4) is 0 Å². The second-order valence-corrected chi connectivity index (χ2v) is 8.39. The molecule has 1 unspecified atom stereocenters. The highest BCUT2D eigenvalue weighted by Gasteiger charge is 2.39. The van der Waals surface area contributed by atoms with Crippen molar-refractivity contribution in [1.29, 1.82) is 0 Å². The maximum absolute atomic E-state index is 4.37. The minimum atomic E-state index is 0.137. The summed E-state index contributed by atoms with van der Waals surface area (Å²) < 4.78 is 1.32. The molecule has 1 aromatic rings. The van der Waals surface area contributed by atoms with Crippen molar-refractivity contribution in [1.82, 2.24) is 0 Å². The predicted molar refractivity (Wildman–Crippen MR) is 110 cm³/mol. The molecular formula is C22H25I. The fraction of sp³-hybridized carbons (Fsp3) is 0.364. The Morgan fingerprint density at radius 1 is 1.39 bits per heavy atom. The van der Waals surface area contributed by atoms with Gasteiger partial charge in [-0.2, -0.15) is 0 Å². The number of hydrogen-bond donors (Lipinski definition) is 0. The molecule has 23 heavy (non-hydrogen) atoms. The first-order valence-electron chi connectivity index (χ1n) is 8.46. The maximum Gasteiger partial charge on any atom is 0.0133 e. The van der Waals surface area contributed by atoms with Crippen molar-refractivity contribution >= 4 is 28.2 Å². The molecule has 0 fully saturated rings. The van der Waals surface area contributed by atoms with Crippen LogP contribution in [0, 0.1) is 9.49 Å². The van der Waals surface area contributed by atoms with Gasteiger partial charge in [-0.25, -0.2) is 0 Å². The number of hydrogen-bond acceptors (Lipinski definition) is 0. The van der Waals surface area contributed by atoms with Gasteiger partial charge in [-0.3, -0.25) is 0 Å². The minimum Gasteiger partial charge on any atom is -0.0992 e. The molecule has 0 saturated carbocycles. The van der Waals surface area contributed by atoms with Crippen LogP contribution in [0.4, 0.5) is 0 Å². The van der Waals surface area contributed by atoms with Gasteiger partial charge in [0.05, 0.1) is 0 Å². The van der Waals surface area contributed by atoms with Crippen LogP contribution in [0.25, 0.3) is 5.57 Å². The highest BCUT2D eigenvalue weighted by atomic mass is 127. The third kappa shape index (κ3) is 3.00. The van der Waals surface area contributed by atoms with Crippen molar-refractivity contribution in [2.45, 2.75) is 45.4 Å². The predicted octanol–water partition coefficient (Wildman–Crippen LogP) is 6.82. The van der Waals surface area contributed by atoms with Crippen LogP contribution >= 0.6 is 22.6 Å². The van der Waals surface area contributed by atoms with E-state index >= 15 is 0 Å². The SMILES string of the molecule is C=C(CC/C=C\C)C1C=CC2=C(C1)C(C)(C)c1cc(I)ccc12. The van der Waals surface area contributed by atoms with Crippen LogP contribution in [0.3, 0.4) is 0 Å². The molecule has 0 radical (unpaired) electrons. The topological polar surface area (TPSA) is 0 Å². The molecule has 0 heterocycles. The Bertz CT molecular complexity index is 728.